The normalized spacial score (nSPS) is 27.2. The lowest BCUT2D eigenvalue weighted by molar-refractivity contribution is -0.149. The van der Waals surface area contributed by atoms with E-state index < -0.39 is 43.6 Å². The molecular weight excluding hydrogens is 593 g/mol. The standard InChI is InChI=1S/C34H50FN3O6Si/c1-21(2)10-8-11-22(3)15-17-38-28-14-13-25(36-32(42)24(5)40)18-27(28)34(33(38)43)23(4)31(45(6,7)35)29(44-34)19-30(41)37-16-9-12-26(37)20-39/h10,13-15,18,23-24,26,29,31,39-40H,8-9,11-12,16-17,19-20H2,1-7H3,(H,36,42)/b22-15+/t23-,24+,26+,29+,31-,34+/m1/s1. The van der Waals surface area contributed by atoms with Gasteiger partial charge >= 0.3 is 0 Å². The molecule has 0 bridgehead atoms. The number of allylic oxidation sites excluding steroid dienone is 3. The number of aliphatic hydroxyl groups is 2. The van der Waals surface area contributed by atoms with Gasteiger partial charge in [-0.2, -0.15) is 0 Å². The van der Waals surface area contributed by atoms with E-state index in [1.165, 1.54) is 12.5 Å². The zero-order valence-corrected chi connectivity index (χ0v) is 28.7. The lowest BCUT2D eigenvalue weighted by Crippen LogP contribution is -2.45. The summed E-state index contributed by atoms with van der Waals surface area (Å²) in [6.45, 7) is 13.2. The molecule has 0 radical (unpaired) electrons. The van der Waals surface area contributed by atoms with E-state index in [-0.39, 0.29) is 30.9 Å². The van der Waals surface area contributed by atoms with Crippen LogP contribution in [-0.2, 0) is 24.7 Å². The first kappa shape index (κ1) is 35.0. The lowest BCUT2D eigenvalue weighted by atomic mass is 9.82. The number of nitrogens with zero attached hydrogens (tertiary/aromatic N) is 2. The molecule has 3 aliphatic rings. The van der Waals surface area contributed by atoms with Gasteiger partial charge in [0.25, 0.3) is 11.8 Å². The molecular formula is C34H50FN3O6Si. The predicted octanol–water partition coefficient (Wildman–Crippen LogP) is 5.19. The van der Waals surface area contributed by atoms with Crippen molar-refractivity contribution in [2.75, 3.05) is 29.9 Å². The highest BCUT2D eigenvalue weighted by molar-refractivity contribution is 6.72. The summed E-state index contributed by atoms with van der Waals surface area (Å²) < 4.78 is 23.0. The van der Waals surface area contributed by atoms with Crippen molar-refractivity contribution in [1.29, 1.82) is 0 Å². The van der Waals surface area contributed by atoms with Crippen molar-refractivity contribution < 1.29 is 33.4 Å². The van der Waals surface area contributed by atoms with E-state index in [9.17, 15) is 24.6 Å². The molecule has 2 saturated heterocycles. The molecule has 3 heterocycles. The summed E-state index contributed by atoms with van der Waals surface area (Å²) in [6.07, 6.45) is 5.28. The average molecular weight is 644 g/mol. The number of carbonyl (C=O) groups excluding carboxylic acids is 3. The fourth-order valence-electron chi connectivity index (χ4n) is 7.33. The number of likely N-dealkylation sites (tertiary alicyclic amines) is 1. The molecule has 4 rings (SSSR count). The van der Waals surface area contributed by atoms with Crippen molar-refractivity contribution in [3.63, 3.8) is 0 Å². The highest BCUT2D eigenvalue weighted by Gasteiger charge is 2.67. The van der Waals surface area contributed by atoms with Crippen LogP contribution in [0, 0.1) is 5.92 Å². The van der Waals surface area contributed by atoms with Gasteiger partial charge in [-0.3, -0.25) is 14.4 Å². The predicted molar refractivity (Wildman–Crippen MR) is 176 cm³/mol. The average Bonchev–Trinajstić information content (AvgIpc) is 3.61. The number of anilines is 2. The minimum absolute atomic E-state index is 0.0853. The second-order valence-electron chi connectivity index (χ2n) is 13.7. The molecule has 248 valence electrons. The van der Waals surface area contributed by atoms with Crippen molar-refractivity contribution in [2.45, 2.75) is 109 Å². The summed E-state index contributed by atoms with van der Waals surface area (Å²) in [5.41, 5.74) is 1.67. The summed E-state index contributed by atoms with van der Waals surface area (Å²) >= 11 is 0. The Morgan fingerprint density at radius 3 is 2.58 bits per heavy atom. The highest BCUT2D eigenvalue weighted by atomic mass is 28.4. The van der Waals surface area contributed by atoms with Gasteiger partial charge in [0.05, 0.1) is 30.9 Å². The highest BCUT2D eigenvalue weighted by Crippen LogP contribution is 2.60. The number of fused-ring (bicyclic) bond motifs is 2. The van der Waals surface area contributed by atoms with E-state index in [0.29, 0.717) is 36.4 Å². The molecule has 3 amide bonds. The first-order chi connectivity index (χ1) is 21.1. The van der Waals surface area contributed by atoms with E-state index in [0.717, 1.165) is 24.8 Å². The molecule has 0 unspecified atom stereocenters. The summed E-state index contributed by atoms with van der Waals surface area (Å²) in [7, 11) is -3.50. The van der Waals surface area contributed by atoms with Crippen molar-refractivity contribution >= 4 is 37.5 Å². The maximum Gasteiger partial charge on any atom is 0.264 e. The minimum Gasteiger partial charge on any atom is -0.394 e. The molecule has 1 aromatic rings. The van der Waals surface area contributed by atoms with Crippen LogP contribution >= 0.6 is 0 Å². The number of halogens is 1. The third-order valence-electron chi connectivity index (χ3n) is 9.61. The number of carbonyl (C=O) groups is 3. The Hall–Kier alpha value is -2.86. The lowest BCUT2D eigenvalue weighted by Gasteiger charge is -2.31. The number of nitrogens with one attached hydrogen (secondary N) is 1. The monoisotopic (exact) mass is 643 g/mol. The van der Waals surface area contributed by atoms with Crippen LogP contribution in [0.4, 0.5) is 15.5 Å². The second kappa shape index (κ2) is 13.9. The Morgan fingerprint density at radius 2 is 1.96 bits per heavy atom. The smallest absolute Gasteiger partial charge is 0.264 e. The quantitative estimate of drug-likeness (QED) is 0.173. The Labute approximate surface area is 267 Å². The number of ether oxygens (including phenoxy) is 1. The largest absolute Gasteiger partial charge is 0.394 e. The van der Waals surface area contributed by atoms with Gasteiger partial charge in [-0.25, -0.2) is 0 Å². The molecule has 3 N–H and O–H groups in total. The first-order valence-electron chi connectivity index (χ1n) is 16.1. The number of hydrogen-bond acceptors (Lipinski definition) is 6. The molecule has 6 atom stereocenters. The first-order valence-corrected chi connectivity index (χ1v) is 19.1. The SMILES string of the molecule is CC(C)=CCC/C(C)=C/CN1C(=O)[C@@]2(O[C@@H](CC(=O)N3CCC[C@H]3CO)[C@H]([Si](C)(C)F)[C@H]2C)c2cc(NC(=O)[C@H](C)O)ccc21. The number of benzene rings is 1. The van der Waals surface area contributed by atoms with E-state index in [2.05, 4.69) is 25.2 Å². The molecule has 1 spiro atoms. The van der Waals surface area contributed by atoms with Crippen LogP contribution in [0.2, 0.25) is 18.6 Å². The van der Waals surface area contributed by atoms with Crippen LogP contribution < -0.4 is 10.2 Å². The molecule has 0 aromatic heterocycles. The van der Waals surface area contributed by atoms with Crippen molar-refractivity contribution in [1.82, 2.24) is 4.90 Å². The van der Waals surface area contributed by atoms with E-state index >= 15 is 4.11 Å². The van der Waals surface area contributed by atoms with Crippen LogP contribution in [0.15, 0.2) is 41.5 Å². The number of rotatable bonds is 11. The number of amides is 3. The zero-order chi connectivity index (χ0) is 33.3. The fraction of sp³-hybridized carbons (Fsp3) is 0.618. The van der Waals surface area contributed by atoms with Gasteiger partial charge in [-0.1, -0.05) is 30.2 Å². The van der Waals surface area contributed by atoms with Gasteiger partial charge in [0.15, 0.2) is 5.60 Å². The molecule has 1 aromatic carbocycles. The third kappa shape index (κ3) is 7.11. The minimum atomic E-state index is -3.50. The van der Waals surface area contributed by atoms with Gasteiger partial charge in [-0.05, 0) is 84.7 Å². The van der Waals surface area contributed by atoms with Crippen LogP contribution in [0.1, 0.15) is 72.3 Å². The van der Waals surface area contributed by atoms with Crippen molar-refractivity contribution in [3.8, 4) is 0 Å². The molecule has 0 saturated carbocycles. The van der Waals surface area contributed by atoms with Gasteiger partial charge in [0, 0.05) is 35.8 Å². The molecule has 9 nitrogen and oxygen atoms in total. The Balaban J connectivity index is 1.74. The van der Waals surface area contributed by atoms with Crippen LogP contribution in [0.25, 0.3) is 0 Å². The molecule has 3 aliphatic heterocycles. The van der Waals surface area contributed by atoms with Gasteiger partial charge in [0.2, 0.25) is 14.3 Å². The van der Waals surface area contributed by atoms with Crippen LogP contribution in [-0.4, -0.2) is 79.2 Å². The van der Waals surface area contributed by atoms with E-state index in [1.807, 2.05) is 19.9 Å². The third-order valence-corrected chi connectivity index (χ3v) is 12.1. The Kier molecular flexibility index (Phi) is 10.8. The fourth-order valence-corrected chi connectivity index (χ4v) is 9.83. The summed E-state index contributed by atoms with van der Waals surface area (Å²) in [5.74, 6) is -1.72. The van der Waals surface area contributed by atoms with Gasteiger partial charge in [0.1, 0.15) is 6.10 Å². The molecule has 11 heteroatoms. The van der Waals surface area contributed by atoms with Gasteiger partial charge in [-0.15, -0.1) is 0 Å². The van der Waals surface area contributed by atoms with E-state index in [1.54, 1.807) is 41.1 Å². The van der Waals surface area contributed by atoms with Crippen LogP contribution in [0.3, 0.4) is 0 Å². The summed E-state index contributed by atoms with van der Waals surface area (Å²) in [4.78, 5) is 43.8. The Morgan fingerprint density at radius 1 is 1.24 bits per heavy atom. The summed E-state index contributed by atoms with van der Waals surface area (Å²) in [5, 5.41) is 22.3. The molecule has 45 heavy (non-hydrogen) atoms. The van der Waals surface area contributed by atoms with Crippen LogP contribution in [0.5, 0.6) is 0 Å². The topological polar surface area (TPSA) is 119 Å². The zero-order valence-electron chi connectivity index (χ0n) is 27.7. The maximum absolute atomic E-state index is 16.2. The Bertz CT molecular complexity index is 1350. The molecule has 2 fully saturated rings. The second-order valence-corrected chi connectivity index (χ2v) is 17.5. The van der Waals surface area contributed by atoms with E-state index in [4.69, 9.17) is 4.74 Å². The number of hydrogen-bond donors (Lipinski definition) is 3. The van der Waals surface area contributed by atoms with Crippen molar-refractivity contribution in [2.24, 2.45) is 5.92 Å². The summed E-state index contributed by atoms with van der Waals surface area (Å²) in [6, 6.07) is 4.85. The number of aliphatic hydroxyl groups excluding tert-OH is 2. The van der Waals surface area contributed by atoms with Gasteiger partial charge < -0.3 is 34.2 Å². The van der Waals surface area contributed by atoms with Crippen molar-refractivity contribution in [3.05, 3.63) is 47.1 Å². The molecule has 0 aliphatic carbocycles. The maximum atomic E-state index is 16.2.